The van der Waals surface area contributed by atoms with Crippen LogP contribution in [0.4, 0.5) is 5.00 Å². The van der Waals surface area contributed by atoms with Gasteiger partial charge in [-0.05, 0) is 32.3 Å². The molecule has 1 heterocycles. The first-order chi connectivity index (χ1) is 8.10. The molecule has 0 radical (unpaired) electrons. The summed E-state index contributed by atoms with van der Waals surface area (Å²) in [5, 5.41) is 13.5. The fraction of sp³-hybridized carbons (Fsp3) is 0.500. The normalized spacial score (nSPS) is 10.0. The number of anilines is 1. The molecule has 3 nitrogen and oxygen atoms in total. The lowest BCUT2D eigenvalue weighted by Gasteiger charge is -2.02. The summed E-state index contributed by atoms with van der Waals surface area (Å²) in [4.78, 5) is 12.7. The van der Waals surface area contributed by atoms with Gasteiger partial charge in [-0.1, -0.05) is 15.9 Å². The van der Waals surface area contributed by atoms with Gasteiger partial charge in [0.2, 0.25) is 5.91 Å². The molecule has 1 amide bonds. The van der Waals surface area contributed by atoms with Crippen molar-refractivity contribution in [3.05, 3.63) is 16.0 Å². The molecule has 1 N–H and O–H groups in total. The molecule has 1 rings (SSSR count). The maximum atomic E-state index is 11.6. The van der Waals surface area contributed by atoms with Gasteiger partial charge in [0, 0.05) is 16.6 Å². The molecule has 0 aliphatic rings. The van der Waals surface area contributed by atoms with Gasteiger partial charge in [-0.25, -0.2) is 0 Å². The van der Waals surface area contributed by atoms with Crippen LogP contribution in [-0.2, 0) is 4.79 Å². The van der Waals surface area contributed by atoms with Crippen LogP contribution in [0.5, 0.6) is 0 Å². The molecule has 0 fully saturated rings. The van der Waals surface area contributed by atoms with Crippen LogP contribution in [0.3, 0.4) is 0 Å². The minimum atomic E-state index is -0.0105. The molecule has 0 aliphatic heterocycles. The molecule has 0 aromatic carbocycles. The number of nitrogens with zero attached hydrogens (tertiary/aromatic N) is 1. The number of carbonyl (C=O) groups is 1. The number of carbonyl (C=O) groups excluding carboxylic acids is 1. The smallest absolute Gasteiger partial charge is 0.225 e. The summed E-state index contributed by atoms with van der Waals surface area (Å²) < 4.78 is 0. The predicted octanol–water partition coefficient (Wildman–Crippen LogP) is 3.74. The Morgan fingerprint density at radius 1 is 1.47 bits per heavy atom. The molecule has 0 spiro atoms. The number of unbranched alkanes of at least 4 members (excludes halogenated alkanes) is 1. The van der Waals surface area contributed by atoms with E-state index in [4.69, 9.17) is 5.26 Å². The van der Waals surface area contributed by atoms with Crippen molar-refractivity contribution in [3.8, 4) is 6.07 Å². The fourth-order valence-corrected chi connectivity index (χ4v) is 2.84. The standard InChI is InChI=1S/C12H15BrN2OS/c1-8-9(2)17-12(10(8)7-14)15-11(16)5-3-4-6-13/h3-6H2,1-2H3,(H,15,16). The second kappa shape index (κ2) is 6.77. The van der Waals surface area contributed by atoms with E-state index >= 15 is 0 Å². The van der Waals surface area contributed by atoms with E-state index in [2.05, 4.69) is 27.3 Å². The number of hydrogen-bond acceptors (Lipinski definition) is 3. The van der Waals surface area contributed by atoms with Gasteiger partial charge in [-0.15, -0.1) is 11.3 Å². The van der Waals surface area contributed by atoms with Crippen molar-refractivity contribution in [2.45, 2.75) is 33.1 Å². The number of rotatable bonds is 5. The van der Waals surface area contributed by atoms with Gasteiger partial charge < -0.3 is 5.32 Å². The Bertz CT molecular complexity index is 448. The number of halogens is 1. The van der Waals surface area contributed by atoms with Crippen LogP contribution in [0, 0.1) is 25.2 Å². The molecule has 0 atom stereocenters. The van der Waals surface area contributed by atoms with Crippen LogP contribution in [0.25, 0.3) is 0 Å². The molecule has 1 aromatic rings. The SMILES string of the molecule is Cc1sc(NC(=O)CCCCBr)c(C#N)c1C. The Morgan fingerprint density at radius 2 is 2.18 bits per heavy atom. The number of nitrogens with one attached hydrogen (secondary N) is 1. The number of alkyl halides is 1. The minimum Gasteiger partial charge on any atom is -0.317 e. The molecule has 0 unspecified atom stereocenters. The van der Waals surface area contributed by atoms with Gasteiger partial charge in [0.1, 0.15) is 11.1 Å². The van der Waals surface area contributed by atoms with Crippen molar-refractivity contribution in [1.82, 2.24) is 0 Å². The molecule has 1 aromatic heterocycles. The molecule has 5 heteroatoms. The Balaban J connectivity index is 2.66. The van der Waals surface area contributed by atoms with Crippen LogP contribution >= 0.6 is 27.3 Å². The summed E-state index contributed by atoms with van der Waals surface area (Å²) in [7, 11) is 0. The zero-order valence-electron chi connectivity index (χ0n) is 9.97. The van der Waals surface area contributed by atoms with Crippen LogP contribution in [0.1, 0.15) is 35.3 Å². The summed E-state index contributed by atoms with van der Waals surface area (Å²) in [6.45, 7) is 3.87. The highest BCUT2D eigenvalue weighted by atomic mass is 79.9. The molecule has 0 saturated carbocycles. The summed E-state index contributed by atoms with van der Waals surface area (Å²) in [5.41, 5.74) is 1.56. The Kier molecular flexibility index (Phi) is 5.66. The van der Waals surface area contributed by atoms with Gasteiger partial charge in [-0.3, -0.25) is 4.79 Å². The third-order valence-corrected chi connectivity index (χ3v) is 4.22. The van der Waals surface area contributed by atoms with E-state index in [1.54, 1.807) is 0 Å². The van der Waals surface area contributed by atoms with Crippen molar-refractivity contribution in [2.24, 2.45) is 0 Å². The third kappa shape index (κ3) is 3.83. The van der Waals surface area contributed by atoms with Crippen molar-refractivity contribution in [2.75, 3.05) is 10.6 Å². The second-order valence-corrected chi connectivity index (χ2v) is 5.81. The molecular weight excluding hydrogens is 300 g/mol. The zero-order valence-corrected chi connectivity index (χ0v) is 12.4. The fourth-order valence-electron chi connectivity index (χ4n) is 1.42. The Labute approximate surface area is 114 Å². The second-order valence-electron chi connectivity index (χ2n) is 3.79. The lowest BCUT2D eigenvalue weighted by Crippen LogP contribution is -2.10. The maximum Gasteiger partial charge on any atom is 0.225 e. The van der Waals surface area contributed by atoms with E-state index in [0.29, 0.717) is 17.0 Å². The molecule has 17 heavy (non-hydrogen) atoms. The van der Waals surface area contributed by atoms with Crippen LogP contribution < -0.4 is 5.32 Å². The number of aryl methyl sites for hydroxylation is 1. The quantitative estimate of drug-likeness (QED) is 0.665. The molecular formula is C12H15BrN2OS. The highest BCUT2D eigenvalue weighted by molar-refractivity contribution is 9.09. The first kappa shape index (κ1) is 14.2. The van der Waals surface area contributed by atoms with Gasteiger partial charge in [-0.2, -0.15) is 5.26 Å². The average molecular weight is 315 g/mol. The summed E-state index contributed by atoms with van der Waals surface area (Å²) in [6.07, 6.45) is 2.36. The number of thiophene rings is 1. The first-order valence-electron chi connectivity index (χ1n) is 5.46. The lowest BCUT2D eigenvalue weighted by atomic mass is 10.2. The monoisotopic (exact) mass is 314 g/mol. The number of nitriles is 1. The number of hydrogen-bond donors (Lipinski definition) is 1. The lowest BCUT2D eigenvalue weighted by molar-refractivity contribution is -0.116. The summed E-state index contributed by atoms with van der Waals surface area (Å²) in [5.74, 6) is -0.0105. The Hall–Kier alpha value is -0.860. The van der Waals surface area contributed by atoms with E-state index in [1.807, 2.05) is 13.8 Å². The summed E-state index contributed by atoms with van der Waals surface area (Å²) in [6, 6.07) is 2.15. The van der Waals surface area contributed by atoms with Gasteiger partial charge in [0.15, 0.2) is 0 Å². The summed E-state index contributed by atoms with van der Waals surface area (Å²) >= 11 is 4.80. The highest BCUT2D eigenvalue weighted by Crippen LogP contribution is 2.31. The maximum absolute atomic E-state index is 11.6. The van der Waals surface area contributed by atoms with E-state index in [-0.39, 0.29) is 5.91 Å². The predicted molar refractivity (Wildman–Crippen MR) is 74.8 cm³/mol. The van der Waals surface area contributed by atoms with Gasteiger partial charge >= 0.3 is 0 Å². The molecule has 0 saturated heterocycles. The average Bonchev–Trinajstić information content (AvgIpc) is 2.54. The molecule has 0 aliphatic carbocycles. The largest absolute Gasteiger partial charge is 0.317 e. The first-order valence-corrected chi connectivity index (χ1v) is 7.39. The Morgan fingerprint density at radius 3 is 2.76 bits per heavy atom. The van der Waals surface area contributed by atoms with E-state index in [9.17, 15) is 4.79 Å². The van der Waals surface area contributed by atoms with Gasteiger partial charge in [0.25, 0.3) is 0 Å². The van der Waals surface area contributed by atoms with Crippen molar-refractivity contribution < 1.29 is 4.79 Å². The third-order valence-electron chi connectivity index (χ3n) is 2.54. The van der Waals surface area contributed by atoms with Crippen molar-refractivity contribution >= 4 is 38.2 Å². The topological polar surface area (TPSA) is 52.9 Å². The van der Waals surface area contributed by atoms with Crippen LogP contribution in [0.15, 0.2) is 0 Å². The molecule has 92 valence electrons. The van der Waals surface area contributed by atoms with Crippen molar-refractivity contribution in [3.63, 3.8) is 0 Å². The van der Waals surface area contributed by atoms with Crippen molar-refractivity contribution in [1.29, 1.82) is 5.26 Å². The van der Waals surface area contributed by atoms with E-state index < -0.39 is 0 Å². The van der Waals surface area contributed by atoms with E-state index in [0.717, 1.165) is 28.6 Å². The van der Waals surface area contributed by atoms with Crippen LogP contribution in [-0.4, -0.2) is 11.2 Å². The van der Waals surface area contributed by atoms with Crippen LogP contribution in [0.2, 0.25) is 0 Å². The van der Waals surface area contributed by atoms with E-state index in [1.165, 1.54) is 11.3 Å². The highest BCUT2D eigenvalue weighted by Gasteiger charge is 2.14. The zero-order chi connectivity index (χ0) is 12.8. The van der Waals surface area contributed by atoms with Gasteiger partial charge in [0.05, 0.1) is 5.56 Å². The minimum absolute atomic E-state index is 0.0105. The molecule has 0 bridgehead atoms. The number of amides is 1.